The smallest absolute Gasteiger partial charge is 0.395 e. The summed E-state index contributed by atoms with van der Waals surface area (Å²) in [7, 11) is 0. The first kappa shape index (κ1) is 19.3. The van der Waals surface area contributed by atoms with Crippen molar-refractivity contribution in [2.45, 2.75) is 6.61 Å². The van der Waals surface area contributed by atoms with Crippen LogP contribution in [0.15, 0.2) is 57.8 Å². The number of H-pyrrole nitrogens is 1. The lowest BCUT2D eigenvalue weighted by Crippen LogP contribution is -2.14. The number of nitro groups is 1. The van der Waals surface area contributed by atoms with Crippen molar-refractivity contribution in [3.8, 4) is 11.6 Å². The first-order valence-electron chi connectivity index (χ1n) is 8.06. The molecule has 9 heteroatoms. The third-order valence-electron chi connectivity index (χ3n) is 3.71. The van der Waals surface area contributed by atoms with Gasteiger partial charge in [-0.1, -0.05) is 46.3 Å². The maximum atomic E-state index is 11.7. The van der Waals surface area contributed by atoms with Gasteiger partial charge in [-0.2, -0.15) is 4.98 Å². The molecule has 1 aromatic heterocycles. The zero-order valence-electron chi connectivity index (χ0n) is 14.3. The van der Waals surface area contributed by atoms with Gasteiger partial charge >= 0.3 is 11.2 Å². The molecule has 0 amide bonds. The van der Waals surface area contributed by atoms with Gasteiger partial charge in [-0.25, -0.2) is 0 Å². The quantitative estimate of drug-likeness (QED) is 0.440. The van der Waals surface area contributed by atoms with Crippen molar-refractivity contribution in [1.82, 2.24) is 9.97 Å². The third-order valence-corrected chi connectivity index (χ3v) is 4.20. The highest BCUT2D eigenvalue weighted by Crippen LogP contribution is 2.26. The predicted molar refractivity (Wildman–Crippen MR) is 107 cm³/mol. The van der Waals surface area contributed by atoms with Crippen LogP contribution >= 0.6 is 15.9 Å². The fraction of sp³-hybridized carbons (Fsp3) is 0.0526. The summed E-state index contributed by atoms with van der Waals surface area (Å²) in [4.78, 5) is 27.4. The first-order valence-corrected chi connectivity index (χ1v) is 8.85. The summed E-state index contributed by atoms with van der Waals surface area (Å²) in [5, 5.41) is 20.4. The van der Waals surface area contributed by atoms with Gasteiger partial charge in [-0.15, -0.1) is 0 Å². The van der Waals surface area contributed by atoms with Crippen LogP contribution in [0.2, 0.25) is 0 Å². The molecule has 3 rings (SSSR count). The van der Waals surface area contributed by atoms with Gasteiger partial charge in [0.1, 0.15) is 18.2 Å². The van der Waals surface area contributed by atoms with E-state index in [4.69, 9.17) is 4.74 Å². The van der Waals surface area contributed by atoms with Gasteiger partial charge < -0.3 is 14.8 Å². The molecule has 142 valence electrons. The second-order valence-corrected chi connectivity index (χ2v) is 6.59. The highest BCUT2D eigenvalue weighted by Gasteiger charge is 2.21. The molecule has 8 nitrogen and oxygen atoms in total. The molecule has 1 heterocycles. The summed E-state index contributed by atoms with van der Waals surface area (Å²) in [6.07, 6.45) is 3.04. The molecular weight excluding hydrogens is 430 g/mol. The van der Waals surface area contributed by atoms with Crippen molar-refractivity contribution < 1.29 is 14.8 Å². The molecule has 0 aliphatic carbocycles. The molecule has 0 aliphatic rings. The van der Waals surface area contributed by atoms with Crippen molar-refractivity contribution in [2.75, 3.05) is 0 Å². The Balaban J connectivity index is 1.86. The van der Waals surface area contributed by atoms with Gasteiger partial charge in [0.25, 0.3) is 5.88 Å². The van der Waals surface area contributed by atoms with E-state index >= 15 is 0 Å². The normalized spacial score (nSPS) is 10.9. The summed E-state index contributed by atoms with van der Waals surface area (Å²) in [6.45, 7) is 0.372. The molecule has 0 unspecified atom stereocenters. The number of aromatic amines is 1. The molecule has 2 aromatic carbocycles. The Hall–Kier alpha value is -3.46. The van der Waals surface area contributed by atoms with Gasteiger partial charge in [0.05, 0.1) is 4.92 Å². The summed E-state index contributed by atoms with van der Waals surface area (Å²) in [5.74, 6) is -0.373. The van der Waals surface area contributed by atoms with E-state index in [-0.39, 0.29) is 5.82 Å². The molecular formula is C19H14BrN3O5. The lowest BCUT2D eigenvalue weighted by Gasteiger charge is -2.10. The SMILES string of the molecule is O=c1[nH]c(/C=C/c2cc(Br)ccc2OCc2ccccc2)nc(O)c1[N+](=O)[O-]. The highest BCUT2D eigenvalue weighted by molar-refractivity contribution is 9.10. The number of nitrogens with one attached hydrogen (secondary N) is 1. The van der Waals surface area contributed by atoms with Crippen LogP contribution in [-0.2, 0) is 6.61 Å². The van der Waals surface area contributed by atoms with Gasteiger partial charge in [0.2, 0.25) is 0 Å². The number of hydrogen-bond donors (Lipinski definition) is 2. The number of nitrogens with zero attached hydrogens (tertiary/aromatic N) is 2. The van der Waals surface area contributed by atoms with Crippen LogP contribution in [0.4, 0.5) is 5.69 Å². The van der Waals surface area contributed by atoms with E-state index in [0.717, 1.165) is 10.0 Å². The molecule has 0 bridgehead atoms. The number of rotatable bonds is 6. The topological polar surface area (TPSA) is 118 Å². The average molecular weight is 444 g/mol. The molecule has 0 saturated carbocycles. The molecule has 0 aliphatic heterocycles. The standard InChI is InChI=1S/C19H14BrN3O5/c20-14-7-8-15(28-11-12-4-2-1-3-5-12)13(10-14)6-9-16-21-18(24)17(23(26)27)19(25)22-16/h1-10H,11H2,(H2,21,22,24,25)/b9-6+. The summed E-state index contributed by atoms with van der Waals surface area (Å²) >= 11 is 3.39. The maximum Gasteiger partial charge on any atom is 0.395 e. The Morgan fingerprint density at radius 1 is 1.21 bits per heavy atom. The van der Waals surface area contributed by atoms with E-state index in [2.05, 4.69) is 25.9 Å². The minimum absolute atomic E-state index is 0.0258. The Bertz CT molecular complexity index is 1100. The Kier molecular flexibility index (Phi) is 5.85. The second-order valence-electron chi connectivity index (χ2n) is 5.67. The molecule has 3 aromatic rings. The molecule has 28 heavy (non-hydrogen) atoms. The Labute approximate surface area is 167 Å². The number of hydrogen-bond acceptors (Lipinski definition) is 6. The zero-order chi connectivity index (χ0) is 20.1. The van der Waals surface area contributed by atoms with Crippen molar-refractivity contribution in [3.05, 3.63) is 90.4 Å². The van der Waals surface area contributed by atoms with E-state index in [0.29, 0.717) is 17.9 Å². The van der Waals surface area contributed by atoms with Gasteiger partial charge in [-0.05, 0) is 35.9 Å². The van der Waals surface area contributed by atoms with Gasteiger partial charge in [-0.3, -0.25) is 14.9 Å². The number of aromatic hydroxyl groups is 1. The summed E-state index contributed by atoms with van der Waals surface area (Å²) in [5.41, 5.74) is -0.337. The van der Waals surface area contributed by atoms with Crippen LogP contribution in [-0.4, -0.2) is 20.0 Å². The fourth-order valence-electron chi connectivity index (χ4n) is 2.40. The molecule has 0 saturated heterocycles. The minimum Gasteiger partial charge on any atom is -0.488 e. The monoisotopic (exact) mass is 443 g/mol. The van der Waals surface area contributed by atoms with Crippen LogP contribution in [0.25, 0.3) is 12.2 Å². The second kappa shape index (κ2) is 8.49. The van der Waals surface area contributed by atoms with Crippen molar-refractivity contribution >= 4 is 33.8 Å². The molecule has 0 spiro atoms. The molecule has 0 atom stereocenters. The molecule has 0 radical (unpaired) electrons. The Morgan fingerprint density at radius 3 is 2.64 bits per heavy atom. The van der Waals surface area contributed by atoms with E-state index < -0.39 is 22.0 Å². The average Bonchev–Trinajstić information content (AvgIpc) is 2.65. The van der Waals surface area contributed by atoms with Crippen LogP contribution in [0.3, 0.4) is 0 Å². The number of ether oxygens (including phenoxy) is 1. The van der Waals surface area contributed by atoms with Crippen molar-refractivity contribution in [1.29, 1.82) is 0 Å². The van der Waals surface area contributed by atoms with Crippen LogP contribution in [0.5, 0.6) is 11.6 Å². The fourth-order valence-corrected chi connectivity index (χ4v) is 2.78. The minimum atomic E-state index is -1.04. The third kappa shape index (κ3) is 4.63. The Morgan fingerprint density at radius 2 is 1.96 bits per heavy atom. The lowest BCUT2D eigenvalue weighted by molar-refractivity contribution is -0.387. The van der Waals surface area contributed by atoms with E-state index in [1.54, 1.807) is 18.2 Å². The summed E-state index contributed by atoms with van der Waals surface area (Å²) in [6, 6.07) is 15.1. The first-order chi connectivity index (χ1) is 13.4. The number of benzene rings is 2. The predicted octanol–water partition coefficient (Wildman–Crippen LogP) is 3.90. The number of halogens is 1. The lowest BCUT2D eigenvalue weighted by atomic mass is 10.2. The molecule has 2 N–H and O–H groups in total. The van der Waals surface area contributed by atoms with E-state index in [1.807, 2.05) is 36.4 Å². The van der Waals surface area contributed by atoms with Crippen LogP contribution in [0.1, 0.15) is 17.0 Å². The van der Waals surface area contributed by atoms with E-state index in [9.17, 15) is 20.0 Å². The zero-order valence-corrected chi connectivity index (χ0v) is 15.9. The van der Waals surface area contributed by atoms with Crippen molar-refractivity contribution in [3.63, 3.8) is 0 Å². The largest absolute Gasteiger partial charge is 0.488 e. The van der Waals surface area contributed by atoms with Crippen LogP contribution in [0, 0.1) is 10.1 Å². The van der Waals surface area contributed by atoms with E-state index in [1.165, 1.54) is 6.08 Å². The van der Waals surface area contributed by atoms with Crippen LogP contribution < -0.4 is 10.3 Å². The molecule has 0 fully saturated rings. The van der Waals surface area contributed by atoms with Crippen molar-refractivity contribution in [2.24, 2.45) is 0 Å². The van der Waals surface area contributed by atoms with Gasteiger partial charge in [0.15, 0.2) is 0 Å². The highest BCUT2D eigenvalue weighted by atomic mass is 79.9. The number of aromatic nitrogens is 2. The van der Waals surface area contributed by atoms with Gasteiger partial charge in [0, 0.05) is 10.0 Å². The summed E-state index contributed by atoms with van der Waals surface area (Å²) < 4.78 is 6.67. The maximum absolute atomic E-state index is 11.7.